The summed E-state index contributed by atoms with van der Waals surface area (Å²) in [4.78, 5) is 9.51. The molecule has 3 aromatic rings. The predicted octanol–water partition coefficient (Wildman–Crippen LogP) is 4.42. The molecule has 1 aliphatic heterocycles. The van der Waals surface area contributed by atoms with E-state index in [9.17, 15) is 0 Å². The number of anilines is 1. The Balaban J connectivity index is 1.59. The van der Waals surface area contributed by atoms with Gasteiger partial charge in [0.25, 0.3) is 0 Å². The fraction of sp³-hybridized carbons (Fsp3) is 0.368. The third kappa shape index (κ3) is 3.14. The maximum absolute atomic E-state index is 4.81. The van der Waals surface area contributed by atoms with Gasteiger partial charge in [-0.1, -0.05) is 37.6 Å². The third-order valence-corrected chi connectivity index (χ3v) is 5.41. The van der Waals surface area contributed by atoms with Crippen molar-refractivity contribution in [3.05, 3.63) is 52.7 Å². The summed E-state index contributed by atoms with van der Waals surface area (Å²) in [6.45, 7) is 4.11. The van der Waals surface area contributed by atoms with Crippen LogP contribution < -0.4 is 5.43 Å². The first kappa shape index (κ1) is 15.5. The summed E-state index contributed by atoms with van der Waals surface area (Å²) in [5, 5.41) is 4.37. The highest BCUT2D eigenvalue weighted by atomic mass is 32.1. The van der Waals surface area contributed by atoms with Gasteiger partial charge < -0.3 is 5.43 Å². The molecule has 0 saturated carbocycles. The molecule has 0 atom stereocenters. The number of unbranched alkanes of at least 4 members (excludes halogenated alkanes) is 1. The van der Waals surface area contributed by atoms with Gasteiger partial charge in [-0.05, 0) is 35.4 Å². The Bertz CT molecular complexity index is 842. The van der Waals surface area contributed by atoms with E-state index in [2.05, 4.69) is 53.1 Å². The van der Waals surface area contributed by atoms with Crippen molar-refractivity contribution in [3.63, 3.8) is 0 Å². The molecule has 2 aromatic heterocycles. The zero-order chi connectivity index (χ0) is 16.4. The molecule has 0 bridgehead atoms. The molecule has 0 fully saturated rings. The first-order valence-electron chi connectivity index (χ1n) is 8.66. The number of aromatic nitrogens is 2. The van der Waals surface area contributed by atoms with Gasteiger partial charge in [-0.3, -0.25) is 0 Å². The lowest BCUT2D eigenvalue weighted by atomic mass is 10.0. The van der Waals surface area contributed by atoms with Gasteiger partial charge in [0.05, 0.1) is 10.2 Å². The lowest BCUT2D eigenvalue weighted by Gasteiger charge is -2.29. The average molecular weight is 338 g/mol. The van der Waals surface area contributed by atoms with E-state index >= 15 is 0 Å². The van der Waals surface area contributed by atoms with Crippen LogP contribution in [0.2, 0.25) is 0 Å². The van der Waals surface area contributed by atoms with Crippen LogP contribution >= 0.6 is 11.3 Å². The van der Waals surface area contributed by atoms with Crippen molar-refractivity contribution < 1.29 is 0 Å². The maximum Gasteiger partial charge on any atom is 0.162 e. The monoisotopic (exact) mass is 338 g/mol. The highest BCUT2D eigenvalue weighted by Gasteiger charge is 2.18. The second-order valence-corrected chi connectivity index (χ2v) is 7.20. The van der Waals surface area contributed by atoms with Crippen LogP contribution in [0.15, 0.2) is 35.7 Å². The number of rotatable bonds is 5. The standard InChI is InChI=1S/C19H22N4S/c1-2-3-8-17-20-16-10-12-24-18(16)19(21-17)22-23-11-9-14-6-4-5-7-15(14)13-23/h4-7,10,12H,2-3,8-9,11,13H2,1H3,(H,20,21,22). The number of hydrogen-bond acceptors (Lipinski definition) is 5. The zero-order valence-electron chi connectivity index (χ0n) is 14.0. The SMILES string of the molecule is CCCCc1nc(NN2CCc3ccccc3C2)c2sccc2n1. The van der Waals surface area contributed by atoms with Gasteiger partial charge in [0.15, 0.2) is 5.82 Å². The molecule has 3 heterocycles. The normalized spacial score (nSPS) is 14.7. The molecule has 0 spiro atoms. The number of benzene rings is 1. The molecule has 0 unspecified atom stereocenters. The summed E-state index contributed by atoms with van der Waals surface area (Å²) in [7, 11) is 0. The Kier molecular flexibility index (Phi) is 4.45. The molecule has 0 saturated heterocycles. The van der Waals surface area contributed by atoms with Crippen molar-refractivity contribution in [1.29, 1.82) is 0 Å². The van der Waals surface area contributed by atoms with E-state index in [1.54, 1.807) is 11.3 Å². The lowest BCUT2D eigenvalue weighted by Crippen LogP contribution is -2.35. The summed E-state index contributed by atoms with van der Waals surface area (Å²) in [6.07, 6.45) is 4.31. The quantitative estimate of drug-likeness (QED) is 0.748. The van der Waals surface area contributed by atoms with Crippen molar-refractivity contribution in [1.82, 2.24) is 15.0 Å². The predicted molar refractivity (Wildman–Crippen MR) is 100 cm³/mol. The van der Waals surface area contributed by atoms with Gasteiger partial charge in [0, 0.05) is 19.5 Å². The fourth-order valence-corrected chi connectivity index (χ4v) is 3.95. The van der Waals surface area contributed by atoms with E-state index in [1.165, 1.54) is 11.1 Å². The van der Waals surface area contributed by atoms with Crippen LogP contribution in [0.3, 0.4) is 0 Å². The van der Waals surface area contributed by atoms with Crippen LogP contribution in [0.5, 0.6) is 0 Å². The molecule has 1 aliphatic rings. The molecular weight excluding hydrogens is 316 g/mol. The number of nitrogens with zero attached hydrogens (tertiary/aromatic N) is 3. The van der Waals surface area contributed by atoms with Gasteiger partial charge in [0.2, 0.25) is 0 Å². The van der Waals surface area contributed by atoms with Crippen molar-refractivity contribution in [2.45, 2.75) is 39.2 Å². The van der Waals surface area contributed by atoms with Gasteiger partial charge >= 0.3 is 0 Å². The maximum atomic E-state index is 4.81. The fourth-order valence-electron chi connectivity index (χ4n) is 3.17. The van der Waals surface area contributed by atoms with Crippen molar-refractivity contribution in [2.75, 3.05) is 12.0 Å². The molecule has 5 heteroatoms. The molecule has 4 nitrogen and oxygen atoms in total. The molecule has 4 rings (SSSR count). The van der Waals surface area contributed by atoms with E-state index < -0.39 is 0 Å². The van der Waals surface area contributed by atoms with Gasteiger partial charge in [-0.2, -0.15) is 0 Å². The van der Waals surface area contributed by atoms with Crippen LogP contribution in [-0.2, 0) is 19.4 Å². The number of nitrogens with one attached hydrogen (secondary N) is 1. The summed E-state index contributed by atoms with van der Waals surface area (Å²) < 4.78 is 1.15. The average Bonchev–Trinajstić information content (AvgIpc) is 3.09. The Hall–Kier alpha value is -1.98. The summed E-state index contributed by atoms with van der Waals surface area (Å²) in [6, 6.07) is 10.8. The highest BCUT2D eigenvalue weighted by molar-refractivity contribution is 7.17. The number of fused-ring (bicyclic) bond motifs is 2. The van der Waals surface area contributed by atoms with Crippen molar-refractivity contribution >= 4 is 27.4 Å². The van der Waals surface area contributed by atoms with Crippen molar-refractivity contribution in [3.8, 4) is 0 Å². The van der Waals surface area contributed by atoms with E-state index in [0.717, 1.165) is 60.6 Å². The largest absolute Gasteiger partial charge is 0.301 e. The first-order chi connectivity index (χ1) is 11.8. The van der Waals surface area contributed by atoms with Gasteiger partial charge in [-0.25, -0.2) is 15.0 Å². The van der Waals surface area contributed by atoms with Crippen LogP contribution in [0.25, 0.3) is 10.2 Å². The first-order valence-corrected chi connectivity index (χ1v) is 9.54. The second-order valence-electron chi connectivity index (χ2n) is 6.28. The van der Waals surface area contributed by atoms with Crippen molar-refractivity contribution in [2.24, 2.45) is 0 Å². The zero-order valence-corrected chi connectivity index (χ0v) is 14.8. The minimum Gasteiger partial charge on any atom is -0.301 e. The van der Waals surface area contributed by atoms with Gasteiger partial charge in [0.1, 0.15) is 5.82 Å². The highest BCUT2D eigenvalue weighted by Crippen LogP contribution is 2.28. The van der Waals surface area contributed by atoms with Crippen LogP contribution in [0, 0.1) is 0 Å². The summed E-state index contributed by atoms with van der Waals surface area (Å²) in [5.74, 6) is 1.91. The molecule has 0 amide bonds. The van der Waals surface area contributed by atoms with E-state index in [1.807, 2.05) is 0 Å². The Morgan fingerprint density at radius 3 is 2.92 bits per heavy atom. The molecule has 1 aromatic carbocycles. The van der Waals surface area contributed by atoms with Crippen LogP contribution in [-0.4, -0.2) is 21.5 Å². The molecule has 124 valence electrons. The molecule has 24 heavy (non-hydrogen) atoms. The third-order valence-electron chi connectivity index (χ3n) is 4.50. The van der Waals surface area contributed by atoms with Crippen LogP contribution in [0.1, 0.15) is 36.7 Å². The Labute approximate surface area is 146 Å². The Morgan fingerprint density at radius 2 is 2.04 bits per heavy atom. The van der Waals surface area contributed by atoms with E-state index in [0.29, 0.717) is 0 Å². The second kappa shape index (κ2) is 6.87. The van der Waals surface area contributed by atoms with E-state index in [4.69, 9.17) is 9.97 Å². The minimum atomic E-state index is 0.914. The topological polar surface area (TPSA) is 41.1 Å². The number of thiophene rings is 1. The Morgan fingerprint density at radius 1 is 1.17 bits per heavy atom. The summed E-state index contributed by atoms with van der Waals surface area (Å²) in [5.41, 5.74) is 7.48. The number of hydrogen-bond donors (Lipinski definition) is 1. The molecule has 0 aliphatic carbocycles. The smallest absolute Gasteiger partial charge is 0.162 e. The van der Waals surface area contributed by atoms with E-state index in [-0.39, 0.29) is 0 Å². The molecule has 0 radical (unpaired) electrons. The van der Waals surface area contributed by atoms with Crippen LogP contribution in [0.4, 0.5) is 5.82 Å². The molecular formula is C19H22N4S. The minimum absolute atomic E-state index is 0.914. The summed E-state index contributed by atoms with van der Waals surface area (Å²) >= 11 is 1.71. The molecule has 1 N–H and O–H groups in total. The number of hydrazine groups is 1. The number of aryl methyl sites for hydroxylation is 1. The lowest BCUT2D eigenvalue weighted by molar-refractivity contribution is 0.307. The van der Waals surface area contributed by atoms with Gasteiger partial charge in [-0.15, -0.1) is 11.3 Å².